The molecule has 8 unspecified atom stereocenters. The van der Waals surface area contributed by atoms with Crippen molar-refractivity contribution in [3.05, 3.63) is 0 Å². The Morgan fingerprint density at radius 1 is 0.800 bits per heavy atom. The molecule has 4 aliphatic rings. The molecule has 10 heteroatoms. The van der Waals surface area contributed by atoms with Crippen LogP contribution in [-0.4, -0.2) is 87.7 Å². The summed E-state index contributed by atoms with van der Waals surface area (Å²) in [6.45, 7) is 13.7. The van der Waals surface area contributed by atoms with E-state index in [1.807, 2.05) is 13.8 Å². The second-order valence-electron chi connectivity index (χ2n) is 13.5. The van der Waals surface area contributed by atoms with Gasteiger partial charge in [-0.15, -0.1) is 11.6 Å². The second-order valence-corrected chi connectivity index (χ2v) is 13.7. The maximum Gasteiger partial charge on any atom is 0.329 e. The molecular weight excluding hydrogens is 600 g/mol. The molecule has 0 heterocycles. The van der Waals surface area contributed by atoms with Gasteiger partial charge in [-0.1, -0.05) is 34.6 Å². The van der Waals surface area contributed by atoms with E-state index in [-0.39, 0.29) is 19.9 Å². The van der Waals surface area contributed by atoms with Gasteiger partial charge in [-0.25, -0.2) is 4.79 Å². The molecule has 0 aliphatic heterocycles. The fourth-order valence-electron chi connectivity index (χ4n) is 8.66. The minimum Gasteiger partial charge on any atom is -0.480 e. The number of hydrogen-bond donors (Lipinski definition) is 2. The molecule has 0 bridgehead atoms. The van der Waals surface area contributed by atoms with Crippen LogP contribution in [0.4, 0.5) is 0 Å². The molecule has 4 fully saturated rings. The summed E-state index contributed by atoms with van der Waals surface area (Å²) in [7, 11) is 3.27. The maximum atomic E-state index is 12.2. The Balaban J connectivity index is 0.000000743. The molecule has 2 N–H and O–H groups in total. The number of methoxy groups -OCH3 is 2. The number of rotatable bonds is 11. The van der Waals surface area contributed by atoms with Crippen LogP contribution in [0.5, 0.6) is 0 Å². The van der Waals surface area contributed by atoms with Gasteiger partial charge in [0.15, 0.2) is 0 Å². The van der Waals surface area contributed by atoms with Crippen molar-refractivity contribution in [2.24, 2.45) is 46.3 Å². The number of Topliss-reactive ketones (excluding diaryl/α,β-unsaturated/α-hetero) is 1. The van der Waals surface area contributed by atoms with Crippen molar-refractivity contribution < 1.29 is 43.5 Å². The zero-order valence-electron chi connectivity index (χ0n) is 28.4. The van der Waals surface area contributed by atoms with E-state index in [0.717, 1.165) is 36.2 Å². The summed E-state index contributed by atoms with van der Waals surface area (Å²) >= 11 is 4.74. The number of ketones is 1. The highest BCUT2D eigenvalue weighted by atomic mass is 35.5. The highest BCUT2D eigenvalue weighted by Crippen LogP contribution is 2.67. The standard InChI is InChI=1S/C22H36O.C7H14O5.C3H8O.C2H3ClO2.CH4/c1-14-9-11-21(3)16(13-14)5-6-17-19-8-7-18(15(2)23)22(19,4)12-10-20(17)21;1-10-2-3-11-4-5-12-6-7(8)9;1-3-4-2;3-1-2(4)5;/h14,16-20H,5-13H2,1-4H3;2-6H2,1H3,(H,8,9);3H2,1-2H3;1H2,(H,4,5);1H4. The first-order chi connectivity index (χ1) is 20.8. The monoisotopic (exact) mass is 664 g/mol. The van der Waals surface area contributed by atoms with Crippen LogP contribution >= 0.6 is 11.6 Å². The van der Waals surface area contributed by atoms with Crippen LogP contribution in [0.3, 0.4) is 0 Å². The summed E-state index contributed by atoms with van der Waals surface area (Å²) in [5, 5.41) is 15.8. The first-order valence-corrected chi connectivity index (χ1v) is 17.0. The number of carboxylic acids is 2. The highest BCUT2D eigenvalue weighted by molar-refractivity contribution is 6.26. The van der Waals surface area contributed by atoms with Crippen molar-refractivity contribution >= 4 is 29.3 Å². The third-order valence-corrected chi connectivity index (χ3v) is 11.1. The van der Waals surface area contributed by atoms with Gasteiger partial charge in [0.25, 0.3) is 0 Å². The van der Waals surface area contributed by atoms with Gasteiger partial charge in [0.05, 0.1) is 26.4 Å². The van der Waals surface area contributed by atoms with Gasteiger partial charge >= 0.3 is 11.9 Å². The van der Waals surface area contributed by atoms with E-state index < -0.39 is 11.9 Å². The summed E-state index contributed by atoms with van der Waals surface area (Å²) in [5.41, 5.74) is 0.948. The van der Waals surface area contributed by atoms with Gasteiger partial charge in [-0.3, -0.25) is 9.59 Å². The summed E-state index contributed by atoms with van der Waals surface area (Å²) in [5.74, 6) is 3.25. The number of halogens is 1. The minimum absolute atomic E-state index is 0. The van der Waals surface area contributed by atoms with E-state index in [1.54, 1.807) is 14.2 Å². The Bertz CT molecular complexity index is 853. The van der Waals surface area contributed by atoms with Crippen LogP contribution in [0.25, 0.3) is 0 Å². The first-order valence-electron chi connectivity index (χ1n) is 16.5. The van der Waals surface area contributed by atoms with Crippen LogP contribution in [0.15, 0.2) is 0 Å². The third kappa shape index (κ3) is 13.4. The SMILES string of the molecule is C.CC(=O)C1CCC2C3CCC4CC(C)CCC4(C)C3CCC12C.CCOC.COCCOCCOCC(=O)O.O=C(O)CCl. The molecule has 0 saturated heterocycles. The molecule has 0 amide bonds. The molecule has 4 aliphatic carbocycles. The molecule has 266 valence electrons. The van der Waals surface area contributed by atoms with Crippen molar-refractivity contribution in [1.29, 1.82) is 0 Å². The van der Waals surface area contributed by atoms with Gasteiger partial charge in [-0.05, 0) is 106 Å². The molecule has 0 aromatic carbocycles. The molecule has 0 radical (unpaired) electrons. The van der Waals surface area contributed by atoms with Crippen molar-refractivity contribution in [1.82, 2.24) is 0 Å². The van der Waals surface area contributed by atoms with E-state index >= 15 is 0 Å². The van der Waals surface area contributed by atoms with Gasteiger partial charge in [0.2, 0.25) is 0 Å². The molecule has 4 rings (SSSR count). The number of alkyl halides is 1. The van der Waals surface area contributed by atoms with E-state index in [2.05, 4.69) is 25.5 Å². The number of carboxylic acid groups (broad SMARTS) is 2. The lowest BCUT2D eigenvalue weighted by molar-refractivity contribution is -0.142. The predicted octanol–water partition coefficient (Wildman–Crippen LogP) is 7.22. The summed E-state index contributed by atoms with van der Waals surface area (Å²) < 4.78 is 19.0. The number of fused-ring (bicyclic) bond motifs is 5. The predicted molar refractivity (Wildman–Crippen MR) is 179 cm³/mol. The molecule has 8 atom stereocenters. The Morgan fingerprint density at radius 2 is 1.36 bits per heavy atom. The topological polar surface area (TPSA) is 129 Å². The molecule has 45 heavy (non-hydrogen) atoms. The van der Waals surface area contributed by atoms with E-state index in [4.69, 9.17) is 36.0 Å². The zero-order chi connectivity index (χ0) is 33.3. The molecule has 9 nitrogen and oxygen atoms in total. The van der Waals surface area contributed by atoms with Crippen LogP contribution < -0.4 is 0 Å². The summed E-state index contributed by atoms with van der Waals surface area (Å²) in [4.78, 5) is 31.4. The molecule has 0 aromatic rings. The Morgan fingerprint density at radius 3 is 1.89 bits per heavy atom. The van der Waals surface area contributed by atoms with Crippen molar-refractivity contribution in [2.45, 2.75) is 99.8 Å². The third-order valence-electron chi connectivity index (χ3n) is 10.9. The lowest BCUT2D eigenvalue weighted by Gasteiger charge is -2.61. The number of ether oxygens (including phenoxy) is 4. The first kappa shape index (κ1) is 43.7. The largest absolute Gasteiger partial charge is 0.480 e. The van der Waals surface area contributed by atoms with E-state index in [1.165, 1.54) is 57.8 Å². The number of carbonyl (C=O) groups is 3. The second kappa shape index (κ2) is 22.3. The lowest BCUT2D eigenvalue weighted by atomic mass is 9.44. The molecular formula is C35H65ClO9. The van der Waals surface area contributed by atoms with E-state index in [0.29, 0.717) is 49.0 Å². The van der Waals surface area contributed by atoms with Gasteiger partial charge in [0, 0.05) is 26.7 Å². The number of aliphatic carboxylic acids is 2. The summed E-state index contributed by atoms with van der Waals surface area (Å²) in [6, 6.07) is 0. The van der Waals surface area contributed by atoms with Crippen LogP contribution in [0.2, 0.25) is 0 Å². The zero-order valence-corrected chi connectivity index (χ0v) is 29.2. The fraction of sp³-hybridized carbons (Fsp3) is 0.914. The van der Waals surface area contributed by atoms with Crippen LogP contribution in [-0.2, 0) is 33.3 Å². The number of hydrogen-bond acceptors (Lipinski definition) is 7. The molecule has 0 aromatic heterocycles. The van der Waals surface area contributed by atoms with Crippen LogP contribution in [0, 0.1) is 46.3 Å². The van der Waals surface area contributed by atoms with Gasteiger partial charge in [0.1, 0.15) is 18.3 Å². The summed E-state index contributed by atoms with van der Waals surface area (Å²) in [6.07, 6.45) is 12.6. The maximum absolute atomic E-state index is 12.2. The Kier molecular flexibility index (Phi) is 21.7. The Hall–Kier alpha value is -1.26. The highest BCUT2D eigenvalue weighted by Gasteiger charge is 2.60. The van der Waals surface area contributed by atoms with Crippen LogP contribution in [0.1, 0.15) is 99.8 Å². The smallest absolute Gasteiger partial charge is 0.329 e. The van der Waals surface area contributed by atoms with Crippen molar-refractivity contribution in [3.63, 3.8) is 0 Å². The normalized spacial score (nSPS) is 32.6. The molecule has 0 spiro atoms. The van der Waals surface area contributed by atoms with Crippen molar-refractivity contribution in [2.75, 3.05) is 59.7 Å². The molecule has 4 saturated carbocycles. The quantitative estimate of drug-likeness (QED) is 0.174. The van der Waals surface area contributed by atoms with Gasteiger partial charge in [-0.2, -0.15) is 0 Å². The minimum atomic E-state index is -0.980. The average Bonchev–Trinajstić information content (AvgIpc) is 3.35. The Labute approximate surface area is 278 Å². The number of carbonyl (C=O) groups excluding carboxylic acids is 1. The lowest BCUT2D eigenvalue weighted by Crippen LogP contribution is -2.53. The average molecular weight is 665 g/mol. The van der Waals surface area contributed by atoms with E-state index in [9.17, 15) is 14.4 Å². The van der Waals surface area contributed by atoms with Crippen molar-refractivity contribution in [3.8, 4) is 0 Å². The van der Waals surface area contributed by atoms with Gasteiger partial charge < -0.3 is 29.2 Å². The fourth-order valence-corrected chi connectivity index (χ4v) is 8.66.